The second-order valence-corrected chi connectivity index (χ2v) is 6.82. The number of nitrogens with one attached hydrogen (secondary N) is 2. The van der Waals surface area contributed by atoms with Gasteiger partial charge in [0.2, 0.25) is 0 Å². The molecule has 7 nitrogen and oxygen atoms in total. The van der Waals surface area contributed by atoms with Gasteiger partial charge in [-0.15, -0.1) is 5.10 Å². The van der Waals surface area contributed by atoms with E-state index in [1.807, 2.05) is 17.9 Å². The zero-order chi connectivity index (χ0) is 17.8. The van der Waals surface area contributed by atoms with Crippen molar-refractivity contribution in [2.75, 3.05) is 31.5 Å². The highest BCUT2D eigenvalue weighted by Crippen LogP contribution is 2.20. The fraction of sp³-hybridized carbons (Fsp3) is 0.412. The molecule has 0 spiro atoms. The highest BCUT2D eigenvalue weighted by Gasteiger charge is 2.19. The molecule has 0 radical (unpaired) electrons. The number of anilines is 1. The molecule has 0 unspecified atom stereocenters. The summed E-state index contributed by atoms with van der Waals surface area (Å²) in [6, 6.07) is 5.37. The second-order valence-electron chi connectivity index (χ2n) is 6.07. The Hall–Kier alpha value is -2.32. The lowest BCUT2D eigenvalue weighted by molar-refractivity contribution is 0.0766. The molecule has 2 heterocycles. The molecule has 0 bridgehead atoms. The van der Waals surface area contributed by atoms with E-state index in [1.54, 1.807) is 19.1 Å². The first kappa shape index (κ1) is 17.5. The smallest absolute Gasteiger partial charge is 0.269 e. The van der Waals surface area contributed by atoms with Crippen molar-refractivity contribution >= 4 is 29.0 Å². The Labute approximate surface area is 150 Å². The van der Waals surface area contributed by atoms with Gasteiger partial charge in [0, 0.05) is 30.9 Å². The number of aryl methyl sites for hydroxylation is 2. The monoisotopic (exact) mass is 359 g/mol. The number of nitrogens with zero attached hydrogens (tertiary/aromatic N) is 3. The van der Waals surface area contributed by atoms with Gasteiger partial charge in [-0.25, -0.2) is 0 Å². The van der Waals surface area contributed by atoms with Crippen molar-refractivity contribution in [2.24, 2.45) is 0 Å². The van der Waals surface area contributed by atoms with Crippen LogP contribution in [-0.2, 0) is 0 Å². The zero-order valence-electron chi connectivity index (χ0n) is 14.3. The number of rotatable bonds is 3. The van der Waals surface area contributed by atoms with Gasteiger partial charge in [0.1, 0.15) is 4.88 Å². The summed E-state index contributed by atoms with van der Waals surface area (Å²) in [6.45, 7) is 6.88. The third-order valence-electron chi connectivity index (χ3n) is 4.21. The largest absolute Gasteiger partial charge is 0.337 e. The van der Waals surface area contributed by atoms with Crippen LogP contribution in [-0.4, -0.2) is 52.5 Å². The average Bonchev–Trinajstić information content (AvgIpc) is 2.86. The van der Waals surface area contributed by atoms with E-state index in [2.05, 4.69) is 20.2 Å². The SMILES string of the molecule is Cc1cc(C(=O)N2CCCNCC2)ccc1NC(=O)c1snnc1C. The number of carbonyl (C=O) groups is 2. The summed E-state index contributed by atoms with van der Waals surface area (Å²) in [5.41, 5.74) is 2.80. The van der Waals surface area contributed by atoms with Crippen LogP contribution in [0.15, 0.2) is 18.2 Å². The molecular formula is C17H21N5O2S. The molecule has 0 atom stereocenters. The van der Waals surface area contributed by atoms with Gasteiger partial charge < -0.3 is 15.5 Å². The summed E-state index contributed by atoms with van der Waals surface area (Å²) in [4.78, 5) is 27.3. The fourth-order valence-electron chi connectivity index (χ4n) is 2.79. The fourth-order valence-corrected chi connectivity index (χ4v) is 3.34. The highest BCUT2D eigenvalue weighted by atomic mass is 32.1. The number of aromatic nitrogens is 2. The number of hydrogen-bond donors (Lipinski definition) is 2. The first-order valence-electron chi connectivity index (χ1n) is 8.27. The Morgan fingerprint density at radius 2 is 2.08 bits per heavy atom. The quantitative estimate of drug-likeness (QED) is 0.873. The maximum Gasteiger partial charge on any atom is 0.269 e. The normalized spacial score (nSPS) is 14.9. The van der Waals surface area contributed by atoms with E-state index >= 15 is 0 Å². The van der Waals surface area contributed by atoms with Crippen LogP contribution in [0, 0.1) is 13.8 Å². The summed E-state index contributed by atoms with van der Waals surface area (Å²) >= 11 is 1.07. The molecule has 1 saturated heterocycles. The lowest BCUT2D eigenvalue weighted by Gasteiger charge is -2.20. The van der Waals surface area contributed by atoms with Gasteiger partial charge in [0.25, 0.3) is 11.8 Å². The minimum Gasteiger partial charge on any atom is -0.337 e. The van der Waals surface area contributed by atoms with E-state index < -0.39 is 0 Å². The van der Waals surface area contributed by atoms with Crippen LogP contribution >= 0.6 is 11.5 Å². The van der Waals surface area contributed by atoms with Crippen LogP contribution in [0.2, 0.25) is 0 Å². The highest BCUT2D eigenvalue weighted by molar-refractivity contribution is 7.08. The molecule has 2 aromatic rings. The molecule has 8 heteroatoms. The Morgan fingerprint density at radius 3 is 2.80 bits per heavy atom. The van der Waals surface area contributed by atoms with E-state index in [0.717, 1.165) is 43.2 Å². The number of amides is 2. The van der Waals surface area contributed by atoms with E-state index in [0.29, 0.717) is 28.4 Å². The van der Waals surface area contributed by atoms with Crippen molar-refractivity contribution < 1.29 is 9.59 Å². The Balaban J connectivity index is 1.73. The van der Waals surface area contributed by atoms with Gasteiger partial charge in [-0.2, -0.15) is 0 Å². The first-order valence-corrected chi connectivity index (χ1v) is 9.04. The minimum absolute atomic E-state index is 0.0344. The number of benzene rings is 1. The molecule has 25 heavy (non-hydrogen) atoms. The maximum atomic E-state index is 12.7. The van der Waals surface area contributed by atoms with Crippen LogP contribution in [0.3, 0.4) is 0 Å². The molecule has 132 valence electrons. The van der Waals surface area contributed by atoms with Gasteiger partial charge in [-0.1, -0.05) is 4.49 Å². The van der Waals surface area contributed by atoms with Crippen molar-refractivity contribution in [2.45, 2.75) is 20.3 Å². The Morgan fingerprint density at radius 1 is 1.24 bits per heavy atom. The number of hydrogen-bond acceptors (Lipinski definition) is 6. The standard InChI is InChI=1S/C17H21N5O2S/c1-11-10-13(17(24)22-8-3-6-18-7-9-22)4-5-14(11)19-16(23)15-12(2)20-21-25-15/h4-5,10,18H,3,6-9H2,1-2H3,(H,19,23). The van der Waals surface area contributed by atoms with E-state index in [-0.39, 0.29) is 11.8 Å². The maximum absolute atomic E-state index is 12.7. The second kappa shape index (κ2) is 7.71. The van der Waals surface area contributed by atoms with Crippen molar-refractivity contribution in [3.8, 4) is 0 Å². The lowest BCUT2D eigenvalue weighted by Crippen LogP contribution is -2.34. The molecular weight excluding hydrogens is 338 g/mol. The number of carbonyl (C=O) groups excluding carboxylic acids is 2. The summed E-state index contributed by atoms with van der Waals surface area (Å²) in [7, 11) is 0. The summed E-state index contributed by atoms with van der Waals surface area (Å²) in [5, 5.41) is 10.0. The van der Waals surface area contributed by atoms with Crippen LogP contribution in [0.1, 0.15) is 37.7 Å². The molecule has 1 aliphatic heterocycles. The van der Waals surface area contributed by atoms with Crippen LogP contribution in [0.5, 0.6) is 0 Å². The van der Waals surface area contributed by atoms with Crippen molar-refractivity contribution in [1.82, 2.24) is 19.8 Å². The van der Waals surface area contributed by atoms with Gasteiger partial charge in [0.05, 0.1) is 5.69 Å². The molecule has 0 saturated carbocycles. The Kier molecular flexibility index (Phi) is 5.40. The van der Waals surface area contributed by atoms with Gasteiger partial charge in [-0.3, -0.25) is 9.59 Å². The van der Waals surface area contributed by atoms with Crippen molar-refractivity contribution in [3.63, 3.8) is 0 Å². The van der Waals surface area contributed by atoms with Gasteiger partial charge >= 0.3 is 0 Å². The minimum atomic E-state index is -0.228. The average molecular weight is 359 g/mol. The van der Waals surface area contributed by atoms with E-state index in [9.17, 15) is 9.59 Å². The predicted octanol–water partition coefficient (Wildman–Crippen LogP) is 1.84. The van der Waals surface area contributed by atoms with E-state index in [1.165, 1.54) is 0 Å². The van der Waals surface area contributed by atoms with Crippen LogP contribution in [0.25, 0.3) is 0 Å². The molecule has 3 rings (SSSR count). The lowest BCUT2D eigenvalue weighted by atomic mass is 10.1. The molecule has 1 aromatic heterocycles. The van der Waals surface area contributed by atoms with Gasteiger partial charge in [-0.05, 0) is 62.1 Å². The summed E-state index contributed by atoms with van der Waals surface area (Å²) in [6.07, 6.45) is 0.959. The molecule has 1 fully saturated rings. The van der Waals surface area contributed by atoms with Crippen LogP contribution < -0.4 is 10.6 Å². The summed E-state index contributed by atoms with van der Waals surface area (Å²) < 4.78 is 3.78. The molecule has 0 aliphatic carbocycles. The van der Waals surface area contributed by atoms with E-state index in [4.69, 9.17) is 0 Å². The molecule has 2 amide bonds. The molecule has 1 aromatic carbocycles. The Bertz CT molecular complexity index is 781. The predicted molar refractivity (Wildman–Crippen MR) is 97.2 cm³/mol. The van der Waals surface area contributed by atoms with Crippen LogP contribution in [0.4, 0.5) is 5.69 Å². The third-order valence-corrected chi connectivity index (χ3v) is 5.03. The zero-order valence-corrected chi connectivity index (χ0v) is 15.2. The first-order chi connectivity index (χ1) is 12.1. The van der Waals surface area contributed by atoms with Crippen molar-refractivity contribution in [3.05, 3.63) is 39.9 Å². The topological polar surface area (TPSA) is 87.2 Å². The molecule has 1 aliphatic rings. The third kappa shape index (κ3) is 4.02. The molecule has 2 N–H and O–H groups in total. The van der Waals surface area contributed by atoms with Crippen molar-refractivity contribution in [1.29, 1.82) is 0 Å². The summed E-state index contributed by atoms with van der Waals surface area (Å²) in [5.74, 6) is -0.194. The van der Waals surface area contributed by atoms with Gasteiger partial charge in [0.15, 0.2) is 0 Å².